The summed E-state index contributed by atoms with van der Waals surface area (Å²) in [6.07, 6.45) is 0.829. The van der Waals surface area contributed by atoms with Gasteiger partial charge in [-0.15, -0.1) is 0 Å². The van der Waals surface area contributed by atoms with Crippen LogP contribution < -0.4 is 5.32 Å². The molecule has 0 saturated carbocycles. The average Bonchev–Trinajstić information content (AvgIpc) is 2.66. The zero-order chi connectivity index (χ0) is 21.3. The van der Waals surface area contributed by atoms with Crippen LogP contribution in [0.5, 0.6) is 0 Å². The number of piperidine rings is 1. The maximum atomic E-state index is 13.6. The lowest BCUT2D eigenvalue weighted by Crippen LogP contribution is -2.53. The van der Waals surface area contributed by atoms with Gasteiger partial charge in [-0.3, -0.25) is 4.79 Å². The molecule has 1 heterocycles. The minimum Gasteiger partial charge on any atom is -0.341 e. The van der Waals surface area contributed by atoms with E-state index in [9.17, 15) is 9.18 Å². The highest BCUT2D eigenvalue weighted by molar-refractivity contribution is 6.34. The fraction of sp³-hybridized carbons (Fsp3) is 0.435. The van der Waals surface area contributed by atoms with Crippen LogP contribution in [-0.2, 0) is 10.2 Å². The summed E-state index contributed by atoms with van der Waals surface area (Å²) in [5, 5.41) is 4.44. The number of likely N-dealkylation sites (N-methyl/N-ethyl adjacent to an activating group) is 1. The van der Waals surface area contributed by atoms with Crippen LogP contribution in [0, 0.1) is 12.7 Å². The summed E-state index contributed by atoms with van der Waals surface area (Å²) in [5.74, 6) is -0.139. The number of aryl methyl sites for hydroxylation is 1. The third-order valence-electron chi connectivity index (χ3n) is 6.01. The van der Waals surface area contributed by atoms with Gasteiger partial charge in [-0.25, -0.2) is 4.39 Å². The number of carbonyl (C=O) groups is 1. The first kappa shape index (κ1) is 22.1. The lowest BCUT2D eigenvalue weighted by atomic mass is 9.80. The summed E-state index contributed by atoms with van der Waals surface area (Å²) in [5.41, 5.74) is 1.99. The second kappa shape index (κ2) is 8.63. The molecule has 0 bridgehead atoms. The molecule has 0 unspecified atom stereocenters. The van der Waals surface area contributed by atoms with Gasteiger partial charge in [0.05, 0.1) is 5.41 Å². The Kier molecular flexibility index (Phi) is 6.57. The molecule has 1 amide bonds. The van der Waals surface area contributed by atoms with E-state index in [1.165, 1.54) is 6.07 Å². The van der Waals surface area contributed by atoms with Gasteiger partial charge >= 0.3 is 0 Å². The highest BCUT2D eigenvalue weighted by atomic mass is 35.5. The number of rotatable bonds is 4. The van der Waals surface area contributed by atoms with Crippen LogP contribution in [0.25, 0.3) is 0 Å². The molecule has 1 N–H and O–H groups in total. The van der Waals surface area contributed by atoms with Gasteiger partial charge in [0.1, 0.15) is 5.82 Å². The van der Waals surface area contributed by atoms with Crippen molar-refractivity contribution in [3.8, 4) is 0 Å². The van der Waals surface area contributed by atoms with Crippen LogP contribution in [0.4, 0.5) is 4.39 Å². The van der Waals surface area contributed by atoms with E-state index in [1.54, 1.807) is 24.3 Å². The highest BCUT2D eigenvalue weighted by Crippen LogP contribution is 2.35. The number of hydrogen-bond donors (Lipinski definition) is 1. The molecule has 29 heavy (non-hydrogen) atoms. The number of nitrogens with zero attached hydrogens (tertiary/aromatic N) is 1. The molecule has 156 valence electrons. The molecule has 1 fully saturated rings. The number of nitrogens with one attached hydrogen (secondary N) is 1. The molecular weight excluding hydrogens is 410 g/mol. The van der Waals surface area contributed by atoms with E-state index < -0.39 is 5.41 Å². The Morgan fingerprint density at radius 3 is 2.45 bits per heavy atom. The van der Waals surface area contributed by atoms with Crippen molar-refractivity contribution in [2.45, 2.75) is 44.6 Å². The molecule has 2 aromatic rings. The zero-order valence-electron chi connectivity index (χ0n) is 17.2. The second-order valence-corrected chi connectivity index (χ2v) is 9.24. The van der Waals surface area contributed by atoms with E-state index in [0.29, 0.717) is 10.0 Å². The summed E-state index contributed by atoms with van der Waals surface area (Å²) in [4.78, 5) is 15.4. The molecular formula is C23H27Cl2FN2O. The Hall–Kier alpha value is -1.62. The third-order valence-corrected chi connectivity index (χ3v) is 6.45. The Bertz CT molecular complexity index is 895. The smallest absolute Gasteiger partial charge is 0.232 e. The van der Waals surface area contributed by atoms with E-state index in [0.717, 1.165) is 36.2 Å². The molecule has 6 heteroatoms. The van der Waals surface area contributed by atoms with Gasteiger partial charge in [-0.2, -0.15) is 0 Å². The first-order valence-corrected chi connectivity index (χ1v) is 10.6. The quantitative estimate of drug-likeness (QED) is 0.702. The van der Waals surface area contributed by atoms with Crippen molar-refractivity contribution in [3.63, 3.8) is 0 Å². The molecule has 0 radical (unpaired) electrons. The fourth-order valence-electron chi connectivity index (χ4n) is 4.31. The second-order valence-electron chi connectivity index (χ2n) is 8.37. The summed E-state index contributed by atoms with van der Waals surface area (Å²) in [6.45, 7) is 7.30. The number of halogens is 3. The first-order chi connectivity index (χ1) is 13.6. The van der Waals surface area contributed by atoms with Crippen LogP contribution >= 0.6 is 23.2 Å². The standard InChI is InChI=1S/C23H27Cl2FN2O/c1-14-9-18(26)5-6-19(14)20-13-27-8-7-21(20)28(4)22(29)23(2,3)15-10-16(24)12-17(25)11-15/h5-6,9-12,20-21,27H,7-8,13H2,1-4H3/t20-,21+/m0/s1. The minimum atomic E-state index is -0.781. The Balaban J connectivity index is 1.91. The van der Waals surface area contributed by atoms with E-state index >= 15 is 0 Å². The van der Waals surface area contributed by atoms with Gasteiger partial charge in [0, 0.05) is 35.6 Å². The third kappa shape index (κ3) is 4.60. The predicted molar refractivity (Wildman–Crippen MR) is 117 cm³/mol. The molecule has 0 aliphatic carbocycles. The van der Waals surface area contributed by atoms with Crippen LogP contribution in [-0.4, -0.2) is 37.0 Å². The topological polar surface area (TPSA) is 32.3 Å². The molecule has 0 spiro atoms. The molecule has 3 nitrogen and oxygen atoms in total. The minimum absolute atomic E-state index is 0.00694. The molecule has 1 saturated heterocycles. The molecule has 3 rings (SSSR count). The molecule has 2 aromatic carbocycles. The largest absolute Gasteiger partial charge is 0.341 e. The number of amides is 1. The van der Waals surface area contributed by atoms with Crippen molar-refractivity contribution in [1.82, 2.24) is 10.2 Å². The SMILES string of the molecule is Cc1cc(F)ccc1[C@@H]1CNCC[C@H]1N(C)C(=O)C(C)(C)c1cc(Cl)cc(Cl)c1. The van der Waals surface area contributed by atoms with Gasteiger partial charge in [-0.05, 0) is 80.8 Å². The van der Waals surface area contributed by atoms with E-state index in [2.05, 4.69) is 5.32 Å². The summed E-state index contributed by atoms with van der Waals surface area (Å²) in [7, 11) is 1.86. The van der Waals surface area contributed by atoms with Crippen LogP contribution in [0.2, 0.25) is 10.0 Å². The maximum Gasteiger partial charge on any atom is 0.232 e. The molecule has 1 aliphatic rings. The summed E-state index contributed by atoms with van der Waals surface area (Å²) >= 11 is 12.3. The first-order valence-electron chi connectivity index (χ1n) is 9.82. The summed E-state index contributed by atoms with van der Waals surface area (Å²) in [6, 6.07) is 10.2. The van der Waals surface area contributed by atoms with Crippen molar-refractivity contribution in [2.24, 2.45) is 0 Å². The van der Waals surface area contributed by atoms with Gasteiger partial charge < -0.3 is 10.2 Å². The molecule has 1 aliphatic heterocycles. The van der Waals surface area contributed by atoms with Crippen LogP contribution in [0.15, 0.2) is 36.4 Å². The lowest BCUT2D eigenvalue weighted by molar-refractivity contribution is -0.138. The van der Waals surface area contributed by atoms with Gasteiger partial charge in [-0.1, -0.05) is 29.3 Å². The Morgan fingerprint density at radius 1 is 1.17 bits per heavy atom. The van der Waals surface area contributed by atoms with Gasteiger partial charge in [0.2, 0.25) is 5.91 Å². The normalized spacial score (nSPS) is 19.8. The lowest BCUT2D eigenvalue weighted by Gasteiger charge is -2.42. The van der Waals surface area contributed by atoms with Crippen molar-refractivity contribution in [1.29, 1.82) is 0 Å². The predicted octanol–water partition coefficient (Wildman–Crippen LogP) is 5.32. The number of hydrogen-bond acceptors (Lipinski definition) is 2. The number of benzene rings is 2. The van der Waals surface area contributed by atoms with Crippen molar-refractivity contribution >= 4 is 29.1 Å². The van der Waals surface area contributed by atoms with E-state index in [1.807, 2.05) is 38.8 Å². The van der Waals surface area contributed by atoms with Gasteiger partial charge in [0.15, 0.2) is 0 Å². The monoisotopic (exact) mass is 436 g/mol. The van der Waals surface area contributed by atoms with Crippen LogP contribution in [0.1, 0.15) is 42.9 Å². The van der Waals surface area contributed by atoms with Gasteiger partial charge in [0.25, 0.3) is 0 Å². The van der Waals surface area contributed by atoms with E-state index in [-0.39, 0.29) is 23.7 Å². The Morgan fingerprint density at radius 2 is 1.83 bits per heavy atom. The fourth-order valence-corrected chi connectivity index (χ4v) is 4.84. The van der Waals surface area contributed by atoms with Crippen molar-refractivity contribution in [3.05, 3.63) is 69.0 Å². The number of carbonyl (C=O) groups excluding carboxylic acids is 1. The van der Waals surface area contributed by atoms with Crippen LogP contribution in [0.3, 0.4) is 0 Å². The zero-order valence-corrected chi connectivity index (χ0v) is 18.7. The van der Waals surface area contributed by atoms with Crippen molar-refractivity contribution < 1.29 is 9.18 Å². The Labute approximate surface area is 182 Å². The van der Waals surface area contributed by atoms with E-state index in [4.69, 9.17) is 23.2 Å². The average molecular weight is 437 g/mol. The summed E-state index contributed by atoms with van der Waals surface area (Å²) < 4.78 is 13.6. The van der Waals surface area contributed by atoms with Crippen molar-refractivity contribution in [2.75, 3.05) is 20.1 Å². The molecule has 0 aromatic heterocycles. The highest BCUT2D eigenvalue weighted by Gasteiger charge is 2.39. The maximum absolute atomic E-state index is 13.6. The molecule has 2 atom stereocenters.